The van der Waals surface area contributed by atoms with Gasteiger partial charge in [-0.25, -0.2) is 4.79 Å². The van der Waals surface area contributed by atoms with Gasteiger partial charge < -0.3 is 5.11 Å². The summed E-state index contributed by atoms with van der Waals surface area (Å²) in [6, 6.07) is 2.34. The molecule has 0 aromatic rings. The Bertz CT molecular complexity index is 444. The summed E-state index contributed by atoms with van der Waals surface area (Å²) in [5.74, 6) is 1.92. The van der Waals surface area contributed by atoms with Crippen LogP contribution in [0.5, 0.6) is 0 Å². The van der Waals surface area contributed by atoms with Crippen LogP contribution in [-0.2, 0) is 4.79 Å². The zero-order chi connectivity index (χ0) is 13.6. The van der Waals surface area contributed by atoms with Gasteiger partial charge in [0, 0.05) is 17.4 Å². The van der Waals surface area contributed by atoms with Crippen LogP contribution in [-0.4, -0.2) is 11.1 Å². The summed E-state index contributed by atoms with van der Waals surface area (Å²) < 4.78 is 0. The van der Waals surface area contributed by atoms with Crippen LogP contribution >= 0.6 is 0 Å². The second-order valence-electron chi connectivity index (χ2n) is 6.88. The van der Waals surface area contributed by atoms with Crippen molar-refractivity contribution in [3.8, 4) is 6.07 Å². The lowest BCUT2D eigenvalue weighted by Gasteiger charge is -2.60. The zero-order valence-corrected chi connectivity index (χ0v) is 11.4. The van der Waals surface area contributed by atoms with E-state index >= 15 is 0 Å². The Hall–Kier alpha value is -1.30. The van der Waals surface area contributed by atoms with Crippen molar-refractivity contribution < 1.29 is 9.90 Å². The van der Waals surface area contributed by atoms with Gasteiger partial charge in [0.05, 0.1) is 6.07 Å². The molecule has 4 rings (SSSR count). The van der Waals surface area contributed by atoms with Crippen molar-refractivity contribution in [2.24, 2.45) is 29.1 Å². The number of nitrogens with zero attached hydrogens (tertiary/aromatic N) is 1. The molecule has 4 aliphatic rings. The van der Waals surface area contributed by atoms with Gasteiger partial charge in [-0.15, -0.1) is 0 Å². The maximum absolute atomic E-state index is 11.2. The summed E-state index contributed by atoms with van der Waals surface area (Å²) in [6.07, 6.45) is 8.64. The maximum atomic E-state index is 11.2. The molecule has 0 aliphatic heterocycles. The van der Waals surface area contributed by atoms with Gasteiger partial charge in [0.15, 0.2) is 0 Å². The number of nitriles is 1. The van der Waals surface area contributed by atoms with E-state index in [-0.39, 0.29) is 5.41 Å². The molecule has 0 radical (unpaired) electrons. The molecule has 0 amide bonds. The fourth-order valence-corrected chi connectivity index (χ4v) is 5.24. The first-order valence-electron chi connectivity index (χ1n) is 7.35. The minimum absolute atomic E-state index is 0.148. The molecule has 4 fully saturated rings. The zero-order valence-electron chi connectivity index (χ0n) is 11.4. The Labute approximate surface area is 114 Å². The molecule has 4 bridgehead atoms. The van der Waals surface area contributed by atoms with Crippen molar-refractivity contribution >= 4 is 5.97 Å². The molecule has 1 N–H and O–H groups in total. The Morgan fingerprint density at radius 3 is 2.21 bits per heavy atom. The SMILES string of the molecule is C/C(=C\C1(CC#N)C2CC3CC(C2)CC1C3)C(=O)O. The van der Waals surface area contributed by atoms with Crippen molar-refractivity contribution in [3.05, 3.63) is 11.6 Å². The van der Waals surface area contributed by atoms with E-state index in [1.54, 1.807) is 6.92 Å². The van der Waals surface area contributed by atoms with Crippen molar-refractivity contribution in [2.75, 3.05) is 0 Å². The largest absolute Gasteiger partial charge is 0.478 e. The van der Waals surface area contributed by atoms with Gasteiger partial charge in [0.25, 0.3) is 0 Å². The summed E-state index contributed by atoms with van der Waals surface area (Å²) in [5.41, 5.74) is 0.271. The Kier molecular flexibility index (Phi) is 2.92. The summed E-state index contributed by atoms with van der Waals surface area (Å²) >= 11 is 0. The molecule has 0 atom stereocenters. The molecule has 0 saturated heterocycles. The third-order valence-electron chi connectivity index (χ3n) is 5.87. The number of carbonyl (C=O) groups is 1. The molecule has 19 heavy (non-hydrogen) atoms. The normalized spacial score (nSPS) is 44.1. The van der Waals surface area contributed by atoms with E-state index in [0.29, 0.717) is 23.8 Å². The fourth-order valence-electron chi connectivity index (χ4n) is 5.24. The number of rotatable bonds is 3. The lowest BCUT2D eigenvalue weighted by atomic mass is 9.44. The molecular weight excluding hydrogens is 238 g/mol. The minimum atomic E-state index is -0.842. The predicted molar refractivity (Wildman–Crippen MR) is 71.1 cm³/mol. The third kappa shape index (κ3) is 1.89. The van der Waals surface area contributed by atoms with Crippen LogP contribution in [0.15, 0.2) is 11.6 Å². The highest BCUT2D eigenvalue weighted by atomic mass is 16.4. The smallest absolute Gasteiger partial charge is 0.330 e. The molecule has 0 aromatic carbocycles. The van der Waals surface area contributed by atoms with Crippen LogP contribution in [0.1, 0.15) is 45.4 Å². The first-order chi connectivity index (χ1) is 9.05. The number of allylic oxidation sites excluding steroid dienone is 1. The molecule has 0 aromatic heterocycles. The second-order valence-corrected chi connectivity index (χ2v) is 6.88. The van der Waals surface area contributed by atoms with Crippen molar-refractivity contribution in [2.45, 2.75) is 45.4 Å². The van der Waals surface area contributed by atoms with Gasteiger partial charge in [-0.05, 0) is 62.7 Å². The molecule has 4 aliphatic carbocycles. The van der Waals surface area contributed by atoms with Crippen LogP contribution < -0.4 is 0 Å². The van der Waals surface area contributed by atoms with E-state index in [4.69, 9.17) is 5.11 Å². The molecule has 102 valence electrons. The Morgan fingerprint density at radius 1 is 1.26 bits per heavy atom. The summed E-state index contributed by atoms with van der Waals surface area (Å²) in [4.78, 5) is 11.2. The monoisotopic (exact) mass is 259 g/mol. The first kappa shape index (κ1) is 12.7. The van der Waals surface area contributed by atoms with Gasteiger partial charge in [-0.3, -0.25) is 0 Å². The van der Waals surface area contributed by atoms with E-state index in [1.807, 2.05) is 6.08 Å². The van der Waals surface area contributed by atoms with Crippen molar-refractivity contribution in [1.82, 2.24) is 0 Å². The van der Waals surface area contributed by atoms with Crippen molar-refractivity contribution in [3.63, 3.8) is 0 Å². The van der Waals surface area contributed by atoms with Crippen LogP contribution in [0.2, 0.25) is 0 Å². The highest BCUT2D eigenvalue weighted by Gasteiger charge is 2.56. The molecule has 3 nitrogen and oxygen atoms in total. The molecule has 3 heteroatoms. The average molecular weight is 259 g/mol. The quantitative estimate of drug-likeness (QED) is 0.790. The highest BCUT2D eigenvalue weighted by Crippen LogP contribution is 2.64. The third-order valence-corrected chi connectivity index (χ3v) is 5.87. The standard InChI is InChI=1S/C16H21NO2/c1-10(15(18)19)9-16(2-3-17)13-5-11-4-12(7-13)8-14(16)6-11/h9,11-14H,2,4-8H2,1H3,(H,18,19)/b10-9+. The lowest BCUT2D eigenvalue weighted by molar-refractivity contribution is -0.132. The van der Waals surface area contributed by atoms with Gasteiger partial charge in [-0.2, -0.15) is 5.26 Å². The molecule has 4 saturated carbocycles. The first-order valence-corrected chi connectivity index (χ1v) is 7.35. The van der Waals surface area contributed by atoms with Gasteiger partial charge in [-0.1, -0.05) is 6.08 Å². The lowest BCUT2D eigenvalue weighted by Crippen LogP contribution is -2.52. The number of carboxylic acid groups (broad SMARTS) is 1. The van der Waals surface area contributed by atoms with E-state index in [0.717, 1.165) is 11.8 Å². The van der Waals surface area contributed by atoms with Gasteiger partial charge >= 0.3 is 5.97 Å². The van der Waals surface area contributed by atoms with E-state index in [1.165, 1.54) is 32.1 Å². The number of carboxylic acids is 1. The topological polar surface area (TPSA) is 61.1 Å². The van der Waals surface area contributed by atoms with Crippen LogP contribution in [0.25, 0.3) is 0 Å². The minimum Gasteiger partial charge on any atom is -0.478 e. The number of hydrogen-bond acceptors (Lipinski definition) is 2. The number of aliphatic carboxylic acids is 1. The van der Waals surface area contributed by atoms with Crippen LogP contribution in [0, 0.1) is 40.4 Å². The molecule has 0 unspecified atom stereocenters. The van der Waals surface area contributed by atoms with E-state index in [9.17, 15) is 10.1 Å². The van der Waals surface area contributed by atoms with E-state index in [2.05, 4.69) is 6.07 Å². The van der Waals surface area contributed by atoms with Crippen LogP contribution in [0.3, 0.4) is 0 Å². The van der Waals surface area contributed by atoms with Gasteiger partial charge in [0.1, 0.15) is 0 Å². The highest BCUT2D eigenvalue weighted by molar-refractivity contribution is 5.86. The summed E-state index contributed by atoms with van der Waals surface area (Å²) in [6.45, 7) is 1.67. The predicted octanol–water partition coefficient (Wildman–Crippen LogP) is 3.37. The van der Waals surface area contributed by atoms with Crippen molar-refractivity contribution in [1.29, 1.82) is 5.26 Å². The summed E-state index contributed by atoms with van der Waals surface area (Å²) in [7, 11) is 0. The maximum Gasteiger partial charge on any atom is 0.330 e. The molecule has 0 heterocycles. The molecular formula is C16H21NO2. The number of hydrogen-bond donors (Lipinski definition) is 1. The second kappa shape index (κ2) is 4.37. The Morgan fingerprint density at radius 2 is 1.79 bits per heavy atom. The van der Waals surface area contributed by atoms with E-state index < -0.39 is 5.97 Å². The summed E-state index contributed by atoms with van der Waals surface area (Å²) in [5, 5.41) is 18.4. The van der Waals surface area contributed by atoms with Crippen LogP contribution in [0.4, 0.5) is 0 Å². The molecule has 0 spiro atoms. The fraction of sp³-hybridized carbons (Fsp3) is 0.750. The Balaban J connectivity index is 1.99. The van der Waals surface area contributed by atoms with Gasteiger partial charge in [0.2, 0.25) is 0 Å². The average Bonchev–Trinajstić information content (AvgIpc) is 2.34.